The van der Waals surface area contributed by atoms with Crippen molar-refractivity contribution in [3.63, 3.8) is 0 Å². The van der Waals surface area contributed by atoms with Gasteiger partial charge < -0.3 is 30.3 Å². The second kappa shape index (κ2) is 11.0. The zero-order valence-corrected chi connectivity index (χ0v) is 21.4. The van der Waals surface area contributed by atoms with E-state index in [2.05, 4.69) is 61.2 Å². The summed E-state index contributed by atoms with van der Waals surface area (Å²) in [6, 6.07) is 6.34. The lowest BCUT2D eigenvalue weighted by Gasteiger charge is -2.29. The summed E-state index contributed by atoms with van der Waals surface area (Å²) < 4.78 is 10.9. The fraction of sp³-hybridized carbons (Fsp3) is 0.500. The van der Waals surface area contributed by atoms with Gasteiger partial charge in [-0.25, -0.2) is 9.78 Å². The minimum absolute atomic E-state index is 0.105. The topological polar surface area (TPSA) is 101 Å². The monoisotopic (exact) mass is 512 g/mol. The first-order valence-electron chi connectivity index (χ1n) is 12.5. The molecule has 1 fully saturated rings. The molecule has 1 saturated carbocycles. The Morgan fingerprint density at radius 1 is 1.19 bits per heavy atom. The van der Waals surface area contributed by atoms with E-state index in [1.54, 1.807) is 20.4 Å². The number of benzene rings is 1. The number of alkyl carbamates (subject to hydrolysis) is 1. The molecule has 3 aliphatic rings. The molecule has 1 amide bonds. The van der Waals surface area contributed by atoms with Crippen molar-refractivity contribution in [3.05, 3.63) is 52.7 Å². The van der Waals surface area contributed by atoms with Crippen LogP contribution >= 0.6 is 11.6 Å². The molecule has 36 heavy (non-hydrogen) atoms. The van der Waals surface area contributed by atoms with Crippen molar-refractivity contribution in [2.75, 3.05) is 51.0 Å². The van der Waals surface area contributed by atoms with Crippen molar-refractivity contribution in [3.8, 4) is 0 Å². The molecule has 192 valence electrons. The van der Waals surface area contributed by atoms with Crippen molar-refractivity contribution < 1.29 is 14.3 Å². The summed E-state index contributed by atoms with van der Waals surface area (Å²) in [6.45, 7) is 3.77. The van der Waals surface area contributed by atoms with Crippen LogP contribution in [0.3, 0.4) is 0 Å². The molecule has 3 N–H and O–H groups in total. The molecular formula is C26H33ClN6O3. The highest BCUT2D eigenvalue weighted by Gasteiger charge is 2.47. The zero-order chi connectivity index (χ0) is 25.1. The van der Waals surface area contributed by atoms with Gasteiger partial charge in [0, 0.05) is 51.3 Å². The zero-order valence-electron chi connectivity index (χ0n) is 20.7. The highest BCUT2D eigenvalue weighted by Crippen LogP contribution is 2.43. The Morgan fingerprint density at radius 3 is 2.81 bits per heavy atom. The lowest BCUT2D eigenvalue weighted by atomic mass is 9.98. The van der Waals surface area contributed by atoms with Crippen molar-refractivity contribution in [2.45, 2.75) is 31.4 Å². The van der Waals surface area contributed by atoms with Gasteiger partial charge in [-0.1, -0.05) is 29.8 Å². The quantitative estimate of drug-likeness (QED) is 0.461. The van der Waals surface area contributed by atoms with Gasteiger partial charge in [0.25, 0.3) is 0 Å². The molecule has 1 aromatic carbocycles. The van der Waals surface area contributed by atoms with E-state index in [0.29, 0.717) is 16.8 Å². The Morgan fingerprint density at radius 2 is 2.00 bits per heavy atom. The smallest absolute Gasteiger partial charge is 0.407 e. The maximum absolute atomic E-state index is 11.9. The highest BCUT2D eigenvalue weighted by atomic mass is 35.5. The fourth-order valence-electron chi connectivity index (χ4n) is 5.42. The van der Waals surface area contributed by atoms with E-state index in [1.807, 2.05) is 0 Å². The standard InChI is InChI=1S/C26H33ClN6O3/c1-28-26(34)36-23-19-4-3-18(13-19)22(23)31-24-21(27)15-29-25(32-24)30-20-6-5-16-7-9-33(11-12-35-2)10-8-17(16)14-20/h3-6,14-15,18-19,22-23H,7-13H2,1-2H3,(H,28,34)(H2,29,30,31,32). The van der Waals surface area contributed by atoms with Gasteiger partial charge in [0.2, 0.25) is 5.95 Å². The fourth-order valence-corrected chi connectivity index (χ4v) is 5.56. The first kappa shape index (κ1) is 24.8. The molecule has 2 bridgehead atoms. The first-order valence-corrected chi connectivity index (χ1v) is 12.9. The Hall–Kier alpha value is -2.88. The number of nitrogens with zero attached hydrogens (tertiary/aromatic N) is 3. The summed E-state index contributed by atoms with van der Waals surface area (Å²) in [6.07, 6.45) is 8.13. The summed E-state index contributed by atoms with van der Waals surface area (Å²) in [4.78, 5) is 23.4. The number of methoxy groups -OCH3 is 1. The summed E-state index contributed by atoms with van der Waals surface area (Å²) in [5, 5.41) is 9.72. The number of hydrogen-bond acceptors (Lipinski definition) is 8. The number of carbonyl (C=O) groups is 1. The van der Waals surface area contributed by atoms with E-state index in [1.165, 1.54) is 11.1 Å². The van der Waals surface area contributed by atoms with Gasteiger partial charge in [-0.05, 0) is 42.5 Å². The number of amides is 1. The molecule has 2 aliphatic carbocycles. The van der Waals surface area contributed by atoms with Crippen LogP contribution in [0.25, 0.3) is 0 Å². The van der Waals surface area contributed by atoms with Gasteiger partial charge in [-0.2, -0.15) is 4.98 Å². The Balaban J connectivity index is 1.28. The maximum atomic E-state index is 11.9. The average Bonchev–Trinajstić information content (AvgIpc) is 3.42. The molecule has 4 atom stereocenters. The average molecular weight is 513 g/mol. The van der Waals surface area contributed by atoms with E-state index in [-0.39, 0.29) is 24.0 Å². The number of halogens is 1. The third-order valence-electron chi connectivity index (χ3n) is 7.35. The number of ether oxygens (including phenoxy) is 2. The molecule has 2 aromatic rings. The molecule has 1 aliphatic heterocycles. The van der Waals surface area contributed by atoms with E-state index < -0.39 is 6.09 Å². The summed E-state index contributed by atoms with van der Waals surface area (Å²) >= 11 is 6.46. The lowest BCUT2D eigenvalue weighted by Crippen LogP contribution is -2.42. The first-order chi connectivity index (χ1) is 17.5. The minimum Gasteiger partial charge on any atom is -0.443 e. The van der Waals surface area contributed by atoms with Crippen molar-refractivity contribution in [1.82, 2.24) is 20.2 Å². The molecule has 0 saturated heterocycles. The van der Waals surface area contributed by atoms with Crippen molar-refractivity contribution in [2.24, 2.45) is 11.8 Å². The van der Waals surface area contributed by atoms with E-state index in [4.69, 9.17) is 21.1 Å². The van der Waals surface area contributed by atoms with Crippen LogP contribution in [0, 0.1) is 11.8 Å². The molecule has 0 radical (unpaired) electrons. The largest absolute Gasteiger partial charge is 0.443 e. The van der Waals surface area contributed by atoms with Crippen LogP contribution in [0.2, 0.25) is 5.02 Å². The molecule has 9 nitrogen and oxygen atoms in total. The van der Waals surface area contributed by atoms with E-state index >= 15 is 0 Å². The Kier molecular flexibility index (Phi) is 7.59. The van der Waals surface area contributed by atoms with Crippen LogP contribution in [0.5, 0.6) is 0 Å². The normalized spacial score (nSPS) is 24.8. The number of anilines is 3. The van der Waals surface area contributed by atoms with E-state index in [9.17, 15) is 4.79 Å². The number of nitrogens with one attached hydrogen (secondary N) is 3. The van der Waals surface area contributed by atoms with Gasteiger partial charge in [0.05, 0.1) is 18.8 Å². The third kappa shape index (κ3) is 5.43. The molecule has 0 spiro atoms. The second-order valence-corrected chi connectivity index (χ2v) is 9.98. The molecule has 10 heteroatoms. The molecule has 5 rings (SSSR count). The maximum Gasteiger partial charge on any atom is 0.407 e. The van der Waals surface area contributed by atoms with Crippen LogP contribution in [0.4, 0.5) is 22.2 Å². The predicted molar refractivity (Wildman–Crippen MR) is 140 cm³/mol. The summed E-state index contributed by atoms with van der Waals surface area (Å²) in [5.41, 5.74) is 3.66. The number of rotatable bonds is 8. The summed E-state index contributed by atoms with van der Waals surface area (Å²) in [5.74, 6) is 1.42. The van der Waals surface area contributed by atoms with Crippen LogP contribution < -0.4 is 16.0 Å². The van der Waals surface area contributed by atoms with E-state index in [0.717, 1.165) is 51.2 Å². The van der Waals surface area contributed by atoms with Crippen molar-refractivity contribution >= 4 is 35.1 Å². The van der Waals surface area contributed by atoms with Crippen molar-refractivity contribution in [1.29, 1.82) is 0 Å². The Labute approximate surface area is 216 Å². The van der Waals surface area contributed by atoms with Gasteiger partial charge in [0.1, 0.15) is 11.1 Å². The molecule has 4 unspecified atom stereocenters. The number of carbonyl (C=O) groups excluding carboxylic acids is 1. The highest BCUT2D eigenvalue weighted by molar-refractivity contribution is 6.32. The van der Waals surface area contributed by atoms with Crippen LogP contribution in [0.1, 0.15) is 17.5 Å². The molecule has 1 aromatic heterocycles. The SMILES string of the molecule is CNC(=O)OC1C2C=CC(C2)C1Nc1nc(Nc2ccc3c(c2)CCN(CCOC)CC3)ncc1Cl. The van der Waals surface area contributed by atoms with Crippen LogP contribution in [0.15, 0.2) is 36.5 Å². The third-order valence-corrected chi connectivity index (χ3v) is 7.63. The van der Waals surface area contributed by atoms with Crippen LogP contribution in [-0.4, -0.2) is 73.5 Å². The van der Waals surface area contributed by atoms with Gasteiger partial charge in [-0.15, -0.1) is 0 Å². The number of hydrogen-bond donors (Lipinski definition) is 3. The van der Waals surface area contributed by atoms with Gasteiger partial charge >= 0.3 is 6.09 Å². The predicted octanol–water partition coefficient (Wildman–Crippen LogP) is 3.63. The van der Waals surface area contributed by atoms with Crippen LogP contribution in [-0.2, 0) is 22.3 Å². The molecular weight excluding hydrogens is 480 g/mol. The Bertz CT molecular complexity index is 1130. The lowest BCUT2D eigenvalue weighted by molar-refractivity contribution is 0.0791. The van der Waals surface area contributed by atoms with Gasteiger partial charge in [0.15, 0.2) is 5.82 Å². The number of aromatic nitrogens is 2. The number of fused-ring (bicyclic) bond motifs is 3. The van der Waals surface area contributed by atoms with Gasteiger partial charge in [-0.3, -0.25) is 0 Å². The second-order valence-electron chi connectivity index (χ2n) is 9.57. The molecule has 2 heterocycles. The minimum atomic E-state index is -0.436. The summed E-state index contributed by atoms with van der Waals surface area (Å²) in [7, 11) is 3.31.